The molecule has 0 aromatic heterocycles. The minimum absolute atomic E-state index is 0.00639. The fraction of sp³-hybridized carbons (Fsp3) is 0.625. The van der Waals surface area contributed by atoms with Crippen LogP contribution in [0.5, 0.6) is 46.0 Å². The second-order valence-electron chi connectivity index (χ2n) is 44.8. The molecule has 832 valence electrons. The molecule has 8 aromatic rings. The Morgan fingerprint density at radius 1 is 0.277 bits per heavy atom. The van der Waals surface area contributed by atoms with E-state index in [0.29, 0.717) is 69.5 Å². The van der Waals surface area contributed by atoms with Gasteiger partial charge in [-0.2, -0.15) is 0 Å². The van der Waals surface area contributed by atoms with E-state index >= 15 is 0 Å². The number of aliphatic hydroxyl groups is 3. The van der Waals surface area contributed by atoms with E-state index in [1.54, 1.807) is 46.6 Å². The van der Waals surface area contributed by atoms with E-state index in [0.717, 1.165) is 129 Å². The SMILES string of the molecule is CCCCCCCCCCC(Oc1ccc(CO)c(OCCCCCCCCCCCO[Si](C(C)C)(C(C)C)C(C)C)c1)O[Si](C(C)C)(C(C)C)C(C)C.CCCCCCCCCCC(Oc1ccc(CO)c(OCCCCCCCCCCCO[Si](c2ccccc2)(c2ccccc2)C(C)(C)C)c1)O[Si](c1ccccc1)(c1ccccc1)C(C)(C)C.CCNCc1ccc(OC)cc1OC.COc1cc(CO)cc(OC)c1. The molecule has 0 fully saturated rings. The molecule has 4 N–H and O–H groups in total. The molecule has 0 heterocycles. The van der Waals surface area contributed by atoms with Crippen LogP contribution in [0.4, 0.5) is 0 Å². The minimum Gasteiger partial charge on any atom is -0.497 e. The van der Waals surface area contributed by atoms with Crippen molar-refractivity contribution in [1.82, 2.24) is 5.32 Å². The van der Waals surface area contributed by atoms with Gasteiger partial charge >= 0.3 is 0 Å². The van der Waals surface area contributed by atoms with Crippen LogP contribution in [0.25, 0.3) is 0 Å². The molecule has 0 saturated heterocycles. The van der Waals surface area contributed by atoms with Gasteiger partial charge in [0.15, 0.2) is 20.9 Å². The first kappa shape index (κ1) is 131. The molecule has 8 aromatic carbocycles. The van der Waals surface area contributed by atoms with E-state index in [4.69, 9.17) is 60.7 Å². The molecule has 0 bridgehead atoms. The maximum absolute atomic E-state index is 10.3. The first-order valence-electron chi connectivity index (χ1n) is 57.9. The number of unbranched alkanes of at least 4 members (excludes halogenated alkanes) is 30. The molecule has 8 rings (SSSR count). The normalized spacial score (nSPS) is 12.5. The van der Waals surface area contributed by atoms with Gasteiger partial charge in [-0.1, -0.05) is 453 Å². The van der Waals surface area contributed by atoms with Crippen LogP contribution in [0.15, 0.2) is 194 Å². The van der Waals surface area contributed by atoms with E-state index in [1.807, 2.05) is 54.6 Å². The van der Waals surface area contributed by atoms with Crippen molar-refractivity contribution >= 4 is 54.0 Å². The monoisotopic (exact) mass is 2110 g/mol. The van der Waals surface area contributed by atoms with Crippen LogP contribution in [0.2, 0.25) is 43.3 Å². The van der Waals surface area contributed by atoms with E-state index < -0.39 is 39.6 Å². The first-order valence-corrected chi connectivity index (χ1v) is 66.0. The largest absolute Gasteiger partial charge is 0.497 e. The lowest BCUT2D eigenvalue weighted by molar-refractivity contribution is -0.0167. The number of aliphatic hydroxyl groups excluding tert-OH is 3. The van der Waals surface area contributed by atoms with Crippen LogP contribution < -0.4 is 64.0 Å². The summed E-state index contributed by atoms with van der Waals surface area (Å²) in [4.78, 5) is 0. The standard InChI is InChI=1S/C61H88O5Si2.C47H92O5Si2.C11H17NO2.C9H12O3/c1-8-9-10-11-12-16-19-34-45-59(66-68(61(5,6)7,56-41-30-24-31-42-56)57-43-32-25-33-44-57)65-53-47-46-52(51-62)58(50-53)63-48-35-20-17-14-13-15-18-21-36-49-64-67(60(2,3)4,54-37-26-22-27-38-54)55-39-28-23-29-40-55;1-14-15-16-17-18-22-25-28-31-47(52-54(41(8)9,42(10)11)43(12)13)51-45-33-32-44(37-48)46(36-45)49-34-29-26-23-20-19-21-24-27-30-35-50-53(38(2)3,39(4)5)40(6)7;1-4-12-8-9-5-6-10(13-2)7-11(9)14-3;1-11-8-3-7(6-10)4-9(5-8)12-2/h22-33,37-44,46-47,50,59,62H,8-21,34-36,45,48-49,51H2,1-7H3;32-33,36,38-43,47-48H,14-31,34-35,37H2,1-13H3;5-7,12H,4,8H2,1-3H3;3-5,10H,6H2,1-2H3. The third-order valence-corrected chi connectivity index (χ3v) is 52.1. The highest BCUT2D eigenvalue weighted by atomic mass is 28.4. The Labute approximate surface area is 906 Å². The van der Waals surface area contributed by atoms with Crippen LogP contribution in [-0.2, 0) is 44.1 Å². The lowest BCUT2D eigenvalue weighted by atomic mass is 10.1. The summed E-state index contributed by atoms with van der Waals surface area (Å²) in [6.07, 6.45) is 43.1. The predicted molar refractivity (Wildman–Crippen MR) is 636 cm³/mol. The van der Waals surface area contributed by atoms with Crippen LogP contribution in [0.1, 0.15) is 399 Å². The zero-order chi connectivity index (χ0) is 108. The van der Waals surface area contributed by atoms with Crippen molar-refractivity contribution in [2.24, 2.45) is 0 Å². The van der Waals surface area contributed by atoms with Gasteiger partial charge in [-0.25, -0.2) is 0 Å². The molecule has 0 aliphatic heterocycles. The zero-order valence-electron chi connectivity index (χ0n) is 97.7. The molecule has 20 heteroatoms. The highest BCUT2D eigenvalue weighted by Gasteiger charge is 2.54. The molecule has 0 aliphatic rings. The van der Waals surface area contributed by atoms with Crippen LogP contribution in [-0.4, -0.2) is 123 Å². The number of rotatable bonds is 74. The van der Waals surface area contributed by atoms with Crippen molar-refractivity contribution in [3.63, 3.8) is 0 Å². The third-order valence-electron chi connectivity index (χ3n) is 29.8. The Hall–Kier alpha value is -7.29. The Kier molecular flexibility index (Phi) is 65.5. The molecule has 2 atom stereocenters. The Balaban J connectivity index is 0.000000422. The summed E-state index contributed by atoms with van der Waals surface area (Å²) in [5.74, 6) is 6.00. The lowest BCUT2D eigenvalue weighted by Gasteiger charge is -2.45. The number of hydrogen-bond acceptors (Lipinski definition) is 16. The van der Waals surface area contributed by atoms with Gasteiger partial charge in [-0.05, 0) is 157 Å². The summed E-state index contributed by atoms with van der Waals surface area (Å²) in [5.41, 5.74) is 7.00. The predicted octanol–water partition coefficient (Wildman–Crippen LogP) is 33.2. The molecule has 0 spiro atoms. The van der Waals surface area contributed by atoms with Crippen molar-refractivity contribution in [2.75, 3.05) is 61.4 Å². The van der Waals surface area contributed by atoms with Crippen molar-refractivity contribution in [3.8, 4) is 46.0 Å². The summed E-state index contributed by atoms with van der Waals surface area (Å²) in [6, 6.07) is 66.6. The molecule has 0 saturated carbocycles. The van der Waals surface area contributed by atoms with Gasteiger partial charge in [-0.3, -0.25) is 0 Å². The van der Waals surface area contributed by atoms with E-state index in [1.165, 1.54) is 194 Å². The van der Waals surface area contributed by atoms with Gasteiger partial charge in [-0.15, -0.1) is 0 Å². The van der Waals surface area contributed by atoms with Gasteiger partial charge < -0.3 is 76.2 Å². The summed E-state index contributed by atoms with van der Waals surface area (Å²) in [5, 5.41) is 37.6. The summed E-state index contributed by atoms with van der Waals surface area (Å²) in [6.45, 7) is 53.7. The Morgan fingerprint density at radius 2 is 0.581 bits per heavy atom. The molecule has 0 radical (unpaired) electrons. The highest BCUT2D eigenvalue weighted by Crippen LogP contribution is 2.47. The quantitative estimate of drug-likeness (QED) is 0.0160. The molecule has 2 unspecified atom stereocenters. The minimum atomic E-state index is -2.87. The van der Waals surface area contributed by atoms with Crippen molar-refractivity contribution < 1.29 is 70.9 Å². The smallest absolute Gasteiger partial charge is 0.265 e. The molecule has 0 amide bonds. The lowest BCUT2D eigenvalue weighted by Crippen LogP contribution is -2.68. The highest BCUT2D eigenvalue weighted by molar-refractivity contribution is 7.00. The second kappa shape index (κ2) is 73.9. The average molecular weight is 2110 g/mol. The summed E-state index contributed by atoms with van der Waals surface area (Å²) in [7, 11) is -2.71. The average Bonchev–Trinajstić information content (AvgIpc) is 0.742. The van der Waals surface area contributed by atoms with E-state index in [9.17, 15) is 10.2 Å². The zero-order valence-corrected chi connectivity index (χ0v) is 102. The molecule has 0 aliphatic carbocycles. The van der Waals surface area contributed by atoms with Gasteiger partial charge in [0.1, 0.15) is 46.0 Å². The van der Waals surface area contributed by atoms with Crippen molar-refractivity contribution in [1.29, 1.82) is 0 Å². The fourth-order valence-electron chi connectivity index (χ4n) is 21.9. The number of ether oxygens (including phenoxy) is 8. The van der Waals surface area contributed by atoms with Gasteiger partial charge in [0.25, 0.3) is 16.6 Å². The summed E-state index contributed by atoms with van der Waals surface area (Å²) < 4.78 is 75.4. The maximum Gasteiger partial charge on any atom is 0.265 e. The maximum atomic E-state index is 10.3. The van der Waals surface area contributed by atoms with Gasteiger partial charge in [0.05, 0.1) is 61.5 Å². The van der Waals surface area contributed by atoms with Gasteiger partial charge in [0, 0.05) is 73.6 Å². The third kappa shape index (κ3) is 44.3. The second-order valence-corrected chi connectivity index (χ2v) is 64.2. The van der Waals surface area contributed by atoms with E-state index in [2.05, 4.69) is 272 Å². The number of nitrogens with one attached hydrogen (secondary N) is 1. The molecular formula is C128H209NO15Si4. The molecular weight excluding hydrogens is 1900 g/mol. The fourth-order valence-corrected chi connectivity index (χ4v) is 42.1. The van der Waals surface area contributed by atoms with Crippen molar-refractivity contribution in [3.05, 3.63) is 216 Å². The Morgan fingerprint density at radius 3 is 0.899 bits per heavy atom. The number of methoxy groups -OCH3 is 4. The number of hydrogen-bond donors (Lipinski definition) is 4. The first-order chi connectivity index (χ1) is 71.3. The van der Waals surface area contributed by atoms with Crippen molar-refractivity contribution in [2.45, 2.75) is 459 Å². The van der Waals surface area contributed by atoms with Crippen LogP contribution >= 0.6 is 0 Å². The van der Waals surface area contributed by atoms with Crippen LogP contribution in [0.3, 0.4) is 0 Å². The van der Waals surface area contributed by atoms with Gasteiger partial charge in [0.2, 0.25) is 8.32 Å². The summed E-state index contributed by atoms with van der Waals surface area (Å²) >= 11 is 0. The van der Waals surface area contributed by atoms with E-state index in [-0.39, 0.29) is 36.2 Å². The number of benzene rings is 8. The topological polar surface area (TPSA) is 183 Å². The molecule has 16 nitrogen and oxygen atoms in total. The Bertz CT molecular complexity index is 4480. The molecule has 148 heavy (non-hydrogen) atoms. The van der Waals surface area contributed by atoms with Crippen LogP contribution in [0, 0.1) is 0 Å².